The maximum atomic E-state index is 12.5. The summed E-state index contributed by atoms with van der Waals surface area (Å²) in [5.74, 6) is -1.43. The maximum absolute atomic E-state index is 12.5. The van der Waals surface area contributed by atoms with Crippen molar-refractivity contribution in [1.29, 1.82) is 0 Å². The molecule has 1 aromatic rings. The number of carbonyl (C=O) groups excluding carboxylic acids is 1. The Balaban J connectivity index is 3.13. The zero-order valence-electron chi connectivity index (χ0n) is 12.9. The molecule has 7 heteroatoms. The summed E-state index contributed by atoms with van der Waals surface area (Å²) in [6.07, 6.45) is 1.68. The van der Waals surface area contributed by atoms with E-state index in [0.717, 1.165) is 4.90 Å². The molecule has 0 aliphatic heterocycles. The molecule has 1 amide bonds. The van der Waals surface area contributed by atoms with Crippen LogP contribution < -0.4 is 5.32 Å². The van der Waals surface area contributed by atoms with Gasteiger partial charge in [-0.25, -0.2) is 0 Å². The van der Waals surface area contributed by atoms with Crippen molar-refractivity contribution in [2.45, 2.75) is 37.6 Å². The molecule has 22 heavy (non-hydrogen) atoms. The van der Waals surface area contributed by atoms with E-state index in [0.29, 0.717) is 5.02 Å². The van der Waals surface area contributed by atoms with Crippen LogP contribution in [0.15, 0.2) is 17.0 Å². The van der Waals surface area contributed by atoms with Crippen LogP contribution in [0.3, 0.4) is 0 Å². The first kappa shape index (κ1) is 19.1. The fourth-order valence-electron chi connectivity index (χ4n) is 1.89. The molecule has 0 saturated heterocycles. The number of aliphatic carboxylic acids is 1. The topological polar surface area (TPSA) is 66.4 Å². The molecule has 2 N–H and O–H groups in total. The molecular weight excluding hydrogens is 345 g/mol. The van der Waals surface area contributed by atoms with Crippen LogP contribution in [0.25, 0.3) is 0 Å². The molecular formula is C15H19Cl2NO3S. The average Bonchev–Trinajstić information content (AvgIpc) is 2.37. The molecule has 0 heterocycles. The Morgan fingerprint density at radius 1 is 1.32 bits per heavy atom. The number of halogens is 2. The highest BCUT2D eigenvalue weighted by Gasteiger charge is 2.33. The van der Waals surface area contributed by atoms with Crippen LogP contribution in [0.5, 0.6) is 0 Å². The molecule has 1 atom stereocenters. The van der Waals surface area contributed by atoms with Gasteiger partial charge >= 0.3 is 5.97 Å². The lowest BCUT2D eigenvalue weighted by molar-refractivity contribution is -0.138. The van der Waals surface area contributed by atoms with Gasteiger partial charge < -0.3 is 10.4 Å². The predicted octanol–water partition coefficient (Wildman–Crippen LogP) is 4.33. The molecule has 0 bridgehead atoms. The maximum Gasteiger partial charge on any atom is 0.305 e. The summed E-state index contributed by atoms with van der Waals surface area (Å²) in [7, 11) is 0. The van der Waals surface area contributed by atoms with Crippen molar-refractivity contribution < 1.29 is 14.7 Å². The van der Waals surface area contributed by atoms with E-state index in [9.17, 15) is 9.59 Å². The molecule has 0 aliphatic carbocycles. The number of rotatable bonds is 6. The third-order valence-corrected chi connectivity index (χ3v) is 5.19. The van der Waals surface area contributed by atoms with E-state index in [1.165, 1.54) is 17.8 Å². The molecule has 0 spiro atoms. The van der Waals surface area contributed by atoms with Crippen LogP contribution in [0.2, 0.25) is 10.0 Å². The summed E-state index contributed by atoms with van der Waals surface area (Å²) in [5, 5.41) is 12.6. The Hall–Kier alpha value is -0.910. The van der Waals surface area contributed by atoms with E-state index in [1.807, 2.05) is 20.1 Å². The smallest absolute Gasteiger partial charge is 0.305 e. The predicted molar refractivity (Wildman–Crippen MR) is 91.2 cm³/mol. The highest BCUT2D eigenvalue weighted by molar-refractivity contribution is 7.98. The highest BCUT2D eigenvalue weighted by Crippen LogP contribution is 2.32. The van der Waals surface area contributed by atoms with Crippen LogP contribution in [0.4, 0.5) is 0 Å². The summed E-state index contributed by atoms with van der Waals surface area (Å²) in [6, 6.07) is 3.14. The number of hydrogen-bond acceptors (Lipinski definition) is 3. The third kappa shape index (κ3) is 4.54. The molecule has 4 nitrogen and oxygen atoms in total. The average molecular weight is 364 g/mol. The molecule has 0 aliphatic rings. The van der Waals surface area contributed by atoms with Crippen molar-refractivity contribution in [2.75, 3.05) is 6.26 Å². The lowest BCUT2D eigenvalue weighted by Crippen LogP contribution is -2.51. The van der Waals surface area contributed by atoms with Crippen LogP contribution >= 0.6 is 35.0 Å². The summed E-state index contributed by atoms with van der Waals surface area (Å²) in [5.41, 5.74) is -0.585. The van der Waals surface area contributed by atoms with Crippen LogP contribution in [0.1, 0.15) is 37.6 Å². The number of hydrogen-bond donors (Lipinski definition) is 2. The fraction of sp³-hybridized carbons (Fsp3) is 0.467. The van der Waals surface area contributed by atoms with Crippen molar-refractivity contribution in [3.05, 3.63) is 27.7 Å². The van der Waals surface area contributed by atoms with Gasteiger partial charge in [-0.15, -0.1) is 11.8 Å². The van der Waals surface area contributed by atoms with E-state index < -0.39 is 17.4 Å². The summed E-state index contributed by atoms with van der Waals surface area (Å²) in [6.45, 7) is 5.43. The number of carboxylic acids is 1. The number of nitrogens with one attached hydrogen (secondary N) is 1. The number of thioether (sulfide) groups is 1. The molecule has 1 aromatic carbocycles. The Kier molecular flexibility index (Phi) is 6.59. The van der Waals surface area contributed by atoms with Gasteiger partial charge in [0.05, 0.1) is 27.6 Å². The van der Waals surface area contributed by atoms with E-state index in [2.05, 4.69) is 5.32 Å². The molecule has 0 fully saturated rings. The van der Waals surface area contributed by atoms with E-state index in [1.54, 1.807) is 13.0 Å². The molecule has 0 saturated carbocycles. The van der Waals surface area contributed by atoms with Gasteiger partial charge in [0, 0.05) is 4.90 Å². The lowest BCUT2D eigenvalue weighted by atomic mass is 9.85. The van der Waals surface area contributed by atoms with Crippen LogP contribution in [-0.4, -0.2) is 28.8 Å². The van der Waals surface area contributed by atoms with Gasteiger partial charge in [0.25, 0.3) is 5.91 Å². The first-order chi connectivity index (χ1) is 10.1. The molecule has 0 aromatic heterocycles. The van der Waals surface area contributed by atoms with Crippen molar-refractivity contribution in [1.82, 2.24) is 5.32 Å². The van der Waals surface area contributed by atoms with Gasteiger partial charge in [-0.3, -0.25) is 9.59 Å². The Morgan fingerprint density at radius 3 is 2.36 bits per heavy atom. The molecule has 1 rings (SSSR count). The second kappa shape index (κ2) is 7.57. The van der Waals surface area contributed by atoms with Gasteiger partial charge in [0.1, 0.15) is 0 Å². The number of amides is 1. The van der Waals surface area contributed by atoms with Crippen molar-refractivity contribution in [3.63, 3.8) is 0 Å². The number of carbonyl (C=O) groups is 2. The lowest BCUT2D eigenvalue weighted by Gasteiger charge is -2.33. The van der Waals surface area contributed by atoms with Crippen molar-refractivity contribution in [3.8, 4) is 0 Å². The first-order valence-corrected chi connectivity index (χ1v) is 8.66. The van der Waals surface area contributed by atoms with Crippen LogP contribution in [0, 0.1) is 5.92 Å². The minimum absolute atomic E-state index is 0.0568. The molecule has 0 radical (unpaired) electrons. The standard InChI is InChI=1S/C15H19Cl2NO3S/c1-8(2)15(3,7-13(19)20)18-14(21)9-5-12(22-4)11(17)6-10(9)16/h5-6,8H,7H2,1-4H3,(H,18,21)(H,19,20). The highest BCUT2D eigenvalue weighted by atomic mass is 35.5. The van der Waals surface area contributed by atoms with Crippen LogP contribution in [-0.2, 0) is 4.79 Å². The van der Waals surface area contributed by atoms with E-state index in [4.69, 9.17) is 28.3 Å². The van der Waals surface area contributed by atoms with Gasteiger partial charge in [0.15, 0.2) is 0 Å². The van der Waals surface area contributed by atoms with Crippen molar-refractivity contribution >= 4 is 46.8 Å². The van der Waals surface area contributed by atoms with Gasteiger partial charge in [-0.2, -0.15) is 0 Å². The minimum Gasteiger partial charge on any atom is -0.481 e. The zero-order chi connectivity index (χ0) is 17.1. The SMILES string of the molecule is CSc1cc(C(=O)NC(C)(CC(=O)O)C(C)C)c(Cl)cc1Cl. The van der Waals surface area contributed by atoms with Gasteiger partial charge in [-0.05, 0) is 31.2 Å². The molecule has 122 valence electrons. The Morgan fingerprint density at radius 2 is 1.91 bits per heavy atom. The van der Waals surface area contributed by atoms with E-state index >= 15 is 0 Å². The Labute approximate surface area is 144 Å². The van der Waals surface area contributed by atoms with Gasteiger partial charge in [-0.1, -0.05) is 37.0 Å². The number of benzene rings is 1. The summed E-state index contributed by atoms with van der Waals surface area (Å²) >= 11 is 13.5. The largest absolute Gasteiger partial charge is 0.481 e. The van der Waals surface area contributed by atoms with Gasteiger partial charge in [0.2, 0.25) is 0 Å². The quantitative estimate of drug-likeness (QED) is 0.737. The minimum atomic E-state index is -0.969. The van der Waals surface area contributed by atoms with E-state index in [-0.39, 0.29) is 22.9 Å². The molecule has 1 unspecified atom stereocenters. The zero-order valence-corrected chi connectivity index (χ0v) is 15.2. The third-order valence-electron chi connectivity index (χ3n) is 3.68. The van der Waals surface area contributed by atoms with Crippen molar-refractivity contribution in [2.24, 2.45) is 5.92 Å². The second-order valence-corrected chi connectivity index (χ2v) is 7.23. The first-order valence-electron chi connectivity index (χ1n) is 6.68. The Bertz CT molecular complexity index is 592. The summed E-state index contributed by atoms with van der Waals surface area (Å²) < 4.78 is 0. The summed E-state index contributed by atoms with van der Waals surface area (Å²) in [4.78, 5) is 24.3. The number of carboxylic acid groups (broad SMARTS) is 1. The second-order valence-electron chi connectivity index (χ2n) is 5.56. The normalized spacial score (nSPS) is 13.8. The fourth-order valence-corrected chi connectivity index (χ4v) is 3.08. The monoisotopic (exact) mass is 363 g/mol.